The molecule has 1 fully saturated rings. The van der Waals surface area contributed by atoms with E-state index in [1.165, 1.54) is 0 Å². The van der Waals surface area contributed by atoms with Crippen molar-refractivity contribution in [2.24, 2.45) is 17.2 Å². The van der Waals surface area contributed by atoms with E-state index in [-0.39, 0.29) is 19.4 Å². The molecular weight excluding hydrogens is 468 g/mol. The number of carbonyl (C=O) groups excluding carboxylic acids is 4. The molecule has 1 aromatic carbocycles. The molecule has 4 unspecified atom stereocenters. The third-order valence-corrected chi connectivity index (χ3v) is 6.06. The minimum Gasteiger partial charge on any atom is -0.480 e. The minimum absolute atomic E-state index is 0.104. The van der Waals surface area contributed by atoms with Crippen molar-refractivity contribution in [3.8, 4) is 0 Å². The second kappa shape index (κ2) is 14.1. The van der Waals surface area contributed by atoms with Gasteiger partial charge < -0.3 is 37.8 Å². The van der Waals surface area contributed by atoms with Crippen molar-refractivity contribution in [1.82, 2.24) is 15.5 Å². The van der Waals surface area contributed by atoms with Crippen LogP contribution in [-0.2, 0) is 30.4 Å². The number of unbranched alkanes of at least 4 members (excludes halogenated alkanes) is 1. The van der Waals surface area contributed by atoms with Crippen LogP contribution in [0.2, 0.25) is 0 Å². The number of rotatable bonds is 14. The second-order valence-electron chi connectivity index (χ2n) is 8.90. The molecule has 0 aliphatic carbocycles. The third-order valence-electron chi connectivity index (χ3n) is 6.06. The number of benzene rings is 1. The largest absolute Gasteiger partial charge is 0.480 e. The molecule has 4 atom stereocenters. The van der Waals surface area contributed by atoms with Crippen LogP contribution >= 0.6 is 0 Å². The fourth-order valence-electron chi connectivity index (χ4n) is 4.14. The van der Waals surface area contributed by atoms with E-state index >= 15 is 0 Å². The zero-order valence-electron chi connectivity index (χ0n) is 20.2. The molecule has 0 spiro atoms. The molecule has 12 heteroatoms. The van der Waals surface area contributed by atoms with Gasteiger partial charge in [-0.1, -0.05) is 36.8 Å². The molecule has 1 aromatic rings. The summed E-state index contributed by atoms with van der Waals surface area (Å²) < 4.78 is 0. The summed E-state index contributed by atoms with van der Waals surface area (Å²) in [5, 5.41) is 14.6. The summed E-state index contributed by atoms with van der Waals surface area (Å²) >= 11 is 0. The van der Waals surface area contributed by atoms with E-state index in [1.54, 1.807) is 30.3 Å². The lowest BCUT2D eigenvalue weighted by Crippen LogP contribution is -2.58. The number of primary amides is 1. The Kier molecular flexibility index (Phi) is 11.3. The molecule has 9 N–H and O–H groups in total. The third kappa shape index (κ3) is 8.61. The molecule has 198 valence electrons. The molecule has 1 aliphatic heterocycles. The molecule has 1 heterocycles. The van der Waals surface area contributed by atoms with Crippen LogP contribution in [0.4, 0.5) is 0 Å². The van der Waals surface area contributed by atoms with Crippen LogP contribution in [0.5, 0.6) is 0 Å². The number of aliphatic carboxylic acids is 1. The standard InChI is InChI=1S/C24H36N6O6/c25-11-5-4-9-16(26)21(32)28-17(13-15-7-2-1-3-8-15)22(33)29-18(14-20(27)31)23(34)30-12-6-10-19(30)24(35)36/h1-3,7-8,16-19H,4-6,9-14,25-26H2,(H2,27,31)(H,28,32)(H,29,33)(H,35,36). The molecule has 12 nitrogen and oxygen atoms in total. The highest BCUT2D eigenvalue weighted by molar-refractivity contribution is 5.96. The molecule has 2 rings (SSSR count). The van der Waals surface area contributed by atoms with Gasteiger partial charge in [-0.2, -0.15) is 0 Å². The van der Waals surface area contributed by atoms with Crippen molar-refractivity contribution in [2.75, 3.05) is 13.1 Å². The summed E-state index contributed by atoms with van der Waals surface area (Å²) in [4.78, 5) is 63.4. The van der Waals surface area contributed by atoms with Gasteiger partial charge in [-0.25, -0.2) is 4.79 Å². The zero-order chi connectivity index (χ0) is 26.7. The van der Waals surface area contributed by atoms with Crippen molar-refractivity contribution in [3.05, 3.63) is 35.9 Å². The van der Waals surface area contributed by atoms with Gasteiger partial charge in [0.05, 0.1) is 12.5 Å². The first-order valence-electron chi connectivity index (χ1n) is 12.1. The van der Waals surface area contributed by atoms with Gasteiger partial charge in [-0.3, -0.25) is 19.2 Å². The summed E-state index contributed by atoms with van der Waals surface area (Å²) in [6, 6.07) is 4.56. The van der Waals surface area contributed by atoms with Crippen molar-refractivity contribution < 1.29 is 29.1 Å². The number of nitrogens with zero attached hydrogens (tertiary/aromatic N) is 1. The van der Waals surface area contributed by atoms with E-state index in [0.29, 0.717) is 32.2 Å². The maximum absolute atomic E-state index is 13.3. The number of hydrogen-bond donors (Lipinski definition) is 6. The average Bonchev–Trinajstić information content (AvgIpc) is 3.33. The Morgan fingerprint density at radius 2 is 1.69 bits per heavy atom. The van der Waals surface area contributed by atoms with Crippen molar-refractivity contribution in [3.63, 3.8) is 0 Å². The summed E-state index contributed by atoms with van der Waals surface area (Å²) in [5.74, 6) is -3.97. The lowest BCUT2D eigenvalue weighted by atomic mass is 10.0. The van der Waals surface area contributed by atoms with Gasteiger partial charge in [-0.05, 0) is 37.8 Å². The normalized spacial score (nSPS) is 17.6. The van der Waals surface area contributed by atoms with Gasteiger partial charge >= 0.3 is 5.97 Å². The first-order valence-corrected chi connectivity index (χ1v) is 12.1. The topological polar surface area (TPSA) is 211 Å². The zero-order valence-corrected chi connectivity index (χ0v) is 20.2. The predicted molar refractivity (Wildman–Crippen MR) is 131 cm³/mol. The summed E-state index contributed by atoms with van der Waals surface area (Å²) in [7, 11) is 0. The molecule has 0 bridgehead atoms. The van der Waals surface area contributed by atoms with Gasteiger partial charge in [-0.15, -0.1) is 0 Å². The van der Waals surface area contributed by atoms with Crippen LogP contribution < -0.4 is 27.8 Å². The van der Waals surface area contributed by atoms with Gasteiger partial charge in [0.1, 0.15) is 18.1 Å². The molecule has 0 aromatic heterocycles. The molecule has 0 radical (unpaired) electrons. The maximum atomic E-state index is 13.3. The van der Waals surface area contributed by atoms with Gasteiger partial charge in [0, 0.05) is 13.0 Å². The van der Waals surface area contributed by atoms with E-state index in [1.807, 2.05) is 0 Å². The first-order chi connectivity index (χ1) is 17.1. The molecule has 1 aliphatic rings. The molecule has 1 saturated heterocycles. The quantitative estimate of drug-likeness (QED) is 0.166. The van der Waals surface area contributed by atoms with Crippen molar-refractivity contribution in [1.29, 1.82) is 0 Å². The number of carboxylic acids is 1. The molecule has 4 amide bonds. The van der Waals surface area contributed by atoms with E-state index < -0.39 is 60.2 Å². The number of carbonyl (C=O) groups is 5. The Labute approximate surface area is 209 Å². The number of amides is 4. The minimum atomic E-state index is -1.37. The van der Waals surface area contributed by atoms with Crippen LogP contribution in [0.25, 0.3) is 0 Å². The van der Waals surface area contributed by atoms with Crippen LogP contribution in [0.15, 0.2) is 30.3 Å². The van der Waals surface area contributed by atoms with Crippen LogP contribution in [0.3, 0.4) is 0 Å². The summed E-state index contributed by atoms with van der Waals surface area (Å²) in [5.41, 5.74) is 17.5. The predicted octanol–water partition coefficient (Wildman–Crippen LogP) is -1.39. The SMILES string of the molecule is NCCCCC(N)C(=O)NC(Cc1ccccc1)C(=O)NC(CC(N)=O)C(=O)N1CCCC1C(=O)O. The lowest BCUT2D eigenvalue weighted by molar-refractivity contribution is -0.149. The Hall–Kier alpha value is -3.51. The van der Waals surface area contributed by atoms with E-state index in [2.05, 4.69) is 10.6 Å². The van der Waals surface area contributed by atoms with Crippen LogP contribution in [0.1, 0.15) is 44.1 Å². The van der Waals surface area contributed by atoms with Gasteiger partial charge in [0.25, 0.3) is 0 Å². The van der Waals surface area contributed by atoms with E-state index in [4.69, 9.17) is 17.2 Å². The smallest absolute Gasteiger partial charge is 0.326 e. The Morgan fingerprint density at radius 1 is 1.03 bits per heavy atom. The average molecular weight is 505 g/mol. The number of likely N-dealkylation sites (tertiary alicyclic amines) is 1. The Morgan fingerprint density at radius 3 is 2.31 bits per heavy atom. The monoisotopic (exact) mass is 504 g/mol. The molecular formula is C24H36N6O6. The highest BCUT2D eigenvalue weighted by Gasteiger charge is 2.39. The lowest BCUT2D eigenvalue weighted by Gasteiger charge is -2.28. The summed E-state index contributed by atoms with van der Waals surface area (Å²) in [6.45, 7) is 0.658. The van der Waals surface area contributed by atoms with Crippen LogP contribution in [0, 0.1) is 0 Å². The van der Waals surface area contributed by atoms with Crippen molar-refractivity contribution >= 4 is 29.6 Å². The Balaban J connectivity index is 2.20. The summed E-state index contributed by atoms with van der Waals surface area (Å²) in [6.07, 6.45) is 2.08. The maximum Gasteiger partial charge on any atom is 0.326 e. The highest BCUT2D eigenvalue weighted by atomic mass is 16.4. The number of nitrogens with two attached hydrogens (primary N) is 3. The van der Waals surface area contributed by atoms with E-state index in [0.717, 1.165) is 10.5 Å². The molecule has 36 heavy (non-hydrogen) atoms. The van der Waals surface area contributed by atoms with E-state index in [9.17, 15) is 29.1 Å². The van der Waals surface area contributed by atoms with Crippen molar-refractivity contribution in [2.45, 2.75) is 69.1 Å². The first kappa shape index (κ1) is 28.7. The second-order valence-corrected chi connectivity index (χ2v) is 8.90. The number of carboxylic acid groups (broad SMARTS) is 1. The highest BCUT2D eigenvalue weighted by Crippen LogP contribution is 2.19. The number of hydrogen-bond acceptors (Lipinski definition) is 7. The Bertz CT molecular complexity index is 927. The van der Waals surface area contributed by atoms with Gasteiger partial charge in [0.15, 0.2) is 0 Å². The van der Waals surface area contributed by atoms with Crippen LogP contribution in [-0.4, -0.2) is 76.9 Å². The van der Waals surface area contributed by atoms with Gasteiger partial charge in [0.2, 0.25) is 23.6 Å². The number of nitrogens with one attached hydrogen (secondary N) is 2. The fraction of sp³-hybridized carbons (Fsp3) is 0.542. The fourth-order valence-corrected chi connectivity index (χ4v) is 4.14. The molecule has 0 saturated carbocycles.